The molecule has 22 heavy (non-hydrogen) atoms. The van der Waals surface area contributed by atoms with E-state index in [0.29, 0.717) is 18.7 Å². The number of carbonyl (C=O) groups excluding carboxylic acids is 1. The van der Waals surface area contributed by atoms with Gasteiger partial charge in [0.2, 0.25) is 0 Å². The quantitative estimate of drug-likeness (QED) is 0.754. The van der Waals surface area contributed by atoms with Crippen molar-refractivity contribution in [3.05, 3.63) is 71.3 Å². The molecule has 0 aliphatic heterocycles. The summed E-state index contributed by atoms with van der Waals surface area (Å²) in [6, 6.07) is 10.0. The predicted octanol–water partition coefficient (Wildman–Crippen LogP) is 1.89. The summed E-state index contributed by atoms with van der Waals surface area (Å²) in [5.74, 6) is -0.139. The van der Waals surface area contributed by atoms with Crippen LogP contribution >= 0.6 is 0 Å². The van der Waals surface area contributed by atoms with Gasteiger partial charge in [0.15, 0.2) is 0 Å². The van der Waals surface area contributed by atoms with Crippen molar-refractivity contribution >= 4 is 5.91 Å². The van der Waals surface area contributed by atoms with Gasteiger partial charge in [0.1, 0.15) is 0 Å². The van der Waals surface area contributed by atoms with Crippen LogP contribution in [0.15, 0.2) is 48.9 Å². The highest BCUT2D eigenvalue weighted by molar-refractivity contribution is 5.93. The van der Waals surface area contributed by atoms with E-state index < -0.39 is 0 Å². The van der Waals surface area contributed by atoms with E-state index in [1.807, 2.05) is 37.3 Å². The first-order valence-electron chi connectivity index (χ1n) is 7.06. The molecule has 1 amide bonds. The zero-order valence-electron chi connectivity index (χ0n) is 12.3. The van der Waals surface area contributed by atoms with Crippen LogP contribution in [0.1, 0.15) is 27.2 Å². The molecule has 0 atom stereocenters. The van der Waals surface area contributed by atoms with Crippen molar-refractivity contribution in [2.75, 3.05) is 0 Å². The molecule has 2 N–H and O–H groups in total. The topological polar surface area (TPSA) is 75.6 Å². The van der Waals surface area contributed by atoms with E-state index in [0.717, 1.165) is 16.8 Å². The van der Waals surface area contributed by atoms with E-state index >= 15 is 0 Å². The molecule has 0 bridgehead atoms. The average molecular weight is 295 g/mol. The van der Waals surface area contributed by atoms with E-state index in [1.54, 1.807) is 23.3 Å². The first-order chi connectivity index (χ1) is 10.7. The molecule has 3 aromatic rings. The fourth-order valence-corrected chi connectivity index (χ4v) is 2.17. The Labute approximate surface area is 128 Å². The third kappa shape index (κ3) is 3.22. The van der Waals surface area contributed by atoms with Crippen molar-refractivity contribution in [3.63, 3.8) is 0 Å². The van der Waals surface area contributed by atoms with Crippen LogP contribution in [0.25, 0.3) is 0 Å². The number of H-pyrrole nitrogens is 1. The maximum Gasteiger partial charge on any atom is 0.254 e. The molecule has 1 aromatic carbocycles. The number of hydrogen-bond donors (Lipinski definition) is 2. The van der Waals surface area contributed by atoms with Gasteiger partial charge in [-0.05, 0) is 12.5 Å². The van der Waals surface area contributed by atoms with Gasteiger partial charge in [0.25, 0.3) is 5.91 Å². The normalized spacial score (nSPS) is 10.6. The maximum absolute atomic E-state index is 12.1. The lowest BCUT2D eigenvalue weighted by Gasteiger charge is -2.02. The molecule has 3 rings (SSSR count). The van der Waals surface area contributed by atoms with E-state index in [1.165, 1.54) is 0 Å². The Morgan fingerprint density at radius 1 is 1.27 bits per heavy atom. The number of aryl methyl sites for hydroxylation is 1. The molecule has 0 unspecified atom stereocenters. The monoisotopic (exact) mass is 295 g/mol. The zero-order chi connectivity index (χ0) is 15.4. The lowest BCUT2D eigenvalue weighted by Crippen LogP contribution is -2.22. The summed E-state index contributed by atoms with van der Waals surface area (Å²) in [4.78, 5) is 12.1. The number of nitrogens with one attached hydrogen (secondary N) is 2. The molecule has 2 heterocycles. The Morgan fingerprint density at radius 3 is 2.82 bits per heavy atom. The largest absolute Gasteiger partial charge is 0.348 e. The van der Waals surface area contributed by atoms with Crippen LogP contribution in [-0.2, 0) is 13.1 Å². The molecule has 0 aliphatic rings. The van der Waals surface area contributed by atoms with Crippen LogP contribution in [0.2, 0.25) is 0 Å². The summed E-state index contributed by atoms with van der Waals surface area (Å²) in [6.45, 7) is 3.02. The second-order valence-corrected chi connectivity index (χ2v) is 5.12. The highest BCUT2D eigenvalue weighted by Crippen LogP contribution is 2.05. The van der Waals surface area contributed by atoms with Gasteiger partial charge in [0.05, 0.1) is 24.5 Å². The van der Waals surface area contributed by atoms with Crippen molar-refractivity contribution < 1.29 is 4.79 Å². The van der Waals surface area contributed by atoms with Crippen LogP contribution in [0.3, 0.4) is 0 Å². The number of aromatic amines is 1. The van der Waals surface area contributed by atoms with Gasteiger partial charge < -0.3 is 5.32 Å². The van der Waals surface area contributed by atoms with E-state index in [-0.39, 0.29) is 5.91 Å². The van der Waals surface area contributed by atoms with Gasteiger partial charge in [-0.3, -0.25) is 14.6 Å². The third-order valence-corrected chi connectivity index (χ3v) is 3.46. The molecule has 0 fully saturated rings. The van der Waals surface area contributed by atoms with Crippen molar-refractivity contribution in [1.82, 2.24) is 25.3 Å². The van der Waals surface area contributed by atoms with Crippen LogP contribution in [0.5, 0.6) is 0 Å². The van der Waals surface area contributed by atoms with Crippen molar-refractivity contribution in [2.24, 2.45) is 0 Å². The molecule has 112 valence electrons. The van der Waals surface area contributed by atoms with Crippen LogP contribution in [-0.4, -0.2) is 25.9 Å². The van der Waals surface area contributed by atoms with Crippen LogP contribution < -0.4 is 5.32 Å². The van der Waals surface area contributed by atoms with Crippen LogP contribution in [0.4, 0.5) is 0 Å². The van der Waals surface area contributed by atoms with Gasteiger partial charge in [0, 0.05) is 24.0 Å². The fraction of sp³-hybridized carbons (Fsp3) is 0.188. The maximum atomic E-state index is 12.1. The SMILES string of the molecule is Cc1[nH]ncc1CNC(=O)c1cnn(Cc2ccccc2)c1. The van der Waals surface area contributed by atoms with Gasteiger partial charge in [-0.1, -0.05) is 30.3 Å². The first-order valence-corrected chi connectivity index (χ1v) is 7.06. The molecular formula is C16H17N5O. The smallest absolute Gasteiger partial charge is 0.254 e. The van der Waals surface area contributed by atoms with Gasteiger partial charge >= 0.3 is 0 Å². The molecule has 0 saturated heterocycles. The van der Waals surface area contributed by atoms with Gasteiger partial charge in [-0.2, -0.15) is 10.2 Å². The molecule has 6 heteroatoms. The number of hydrogen-bond acceptors (Lipinski definition) is 3. The van der Waals surface area contributed by atoms with E-state index in [4.69, 9.17) is 0 Å². The lowest BCUT2D eigenvalue weighted by atomic mass is 10.2. The molecule has 2 aromatic heterocycles. The Bertz CT molecular complexity index is 760. The number of aromatic nitrogens is 4. The second-order valence-electron chi connectivity index (χ2n) is 5.12. The van der Waals surface area contributed by atoms with E-state index in [2.05, 4.69) is 20.6 Å². The number of benzene rings is 1. The highest BCUT2D eigenvalue weighted by Gasteiger charge is 2.09. The Kier molecular flexibility index (Phi) is 4.00. The van der Waals surface area contributed by atoms with E-state index in [9.17, 15) is 4.79 Å². The van der Waals surface area contributed by atoms with Crippen molar-refractivity contribution in [2.45, 2.75) is 20.0 Å². The predicted molar refractivity (Wildman–Crippen MR) is 82.3 cm³/mol. The third-order valence-electron chi connectivity index (χ3n) is 3.46. The van der Waals surface area contributed by atoms with Gasteiger partial charge in [-0.15, -0.1) is 0 Å². The molecule has 0 radical (unpaired) electrons. The summed E-state index contributed by atoms with van der Waals surface area (Å²) in [6.07, 6.45) is 5.06. The first kappa shape index (κ1) is 14.1. The standard InChI is InChI=1S/C16H17N5O/c1-12-14(8-18-20-12)7-17-16(22)15-9-19-21(11-15)10-13-5-3-2-4-6-13/h2-6,8-9,11H,7,10H2,1H3,(H,17,22)(H,18,20). The minimum atomic E-state index is -0.139. The number of amides is 1. The minimum Gasteiger partial charge on any atom is -0.348 e. The summed E-state index contributed by atoms with van der Waals surface area (Å²) in [5.41, 5.74) is 3.63. The summed E-state index contributed by atoms with van der Waals surface area (Å²) in [7, 11) is 0. The minimum absolute atomic E-state index is 0.139. The molecule has 0 spiro atoms. The highest BCUT2D eigenvalue weighted by atomic mass is 16.1. The summed E-state index contributed by atoms with van der Waals surface area (Å²) < 4.78 is 1.76. The zero-order valence-corrected chi connectivity index (χ0v) is 12.3. The number of nitrogens with zero attached hydrogens (tertiary/aromatic N) is 3. The number of carbonyl (C=O) groups is 1. The van der Waals surface area contributed by atoms with Crippen LogP contribution in [0, 0.1) is 6.92 Å². The van der Waals surface area contributed by atoms with Crippen molar-refractivity contribution in [1.29, 1.82) is 0 Å². The number of rotatable bonds is 5. The Morgan fingerprint density at radius 2 is 2.09 bits per heavy atom. The molecule has 0 saturated carbocycles. The lowest BCUT2D eigenvalue weighted by molar-refractivity contribution is 0.0951. The Hall–Kier alpha value is -2.89. The summed E-state index contributed by atoms with van der Waals surface area (Å²) >= 11 is 0. The van der Waals surface area contributed by atoms with Gasteiger partial charge in [-0.25, -0.2) is 0 Å². The fourth-order valence-electron chi connectivity index (χ4n) is 2.17. The Balaban J connectivity index is 1.61. The summed E-state index contributed by atoms with van der Waals surface area (Å²) in [5, 5.41) is 13.9. The average Bonchev–Trinajstić information content (AvgIpc) is 3.15. The molecule has 0 aliphatic carbocycles. The second kappa shape index (κ2) is 6.26. The van der Waals surface area contributed by atoms with Crippen molar-refractivity contribution in [3.8, 4) is 0 Å². The molecular weight excluding hydrogens is 278 g/mol. The molecule has 6 nitrogen and oxygen atoms in total.